The van der Waals surface area contributed by atoms with E-state index >= 15 is 0 Å². The Balaban J connectivity index is 3.25. The zero-order valence-corrected chi connectivity index (χ0v) is 12.4. The minimum atomic E-state index is -6.99. The van der Waals surface area contributed by atoms with Crippen LogP contribution >= 0.6 is 0 Å². The molecule has 1 heterocycles. The van der Waals surface area contributed by atoms with Gasteiger partial charge in [-0.2, -0.15) is 39.5 Å². The third-order valence-electron chi connectivity index (χ3n) is 3.61. The van der Waals surface area contributed by atoms with E-state index in [1.807, 2.05) is 0 Å². The van der Waals surface area contributed by atoms with E-state index in [2.05, 4.69) is 0 Å². The largest absolute Gasteiger partial charge is 0.460 e. The van der Waals surface area contributed by atoms with Crippen molar-refractivity contribution in [3.63, 3.8) is 0 Å². The van der Waals surface area contributed by atoms with Crippen LogP contribution in [0.25, 0.3) is 0 Å². The highest BCUT2D eigenvalue weighted by molar-refractivity contribution is 5.05. The van der Waals surface area contributed by atoms with Gasteiger partial charge in [0.2, 0.25) is 0 Å². The van der Waals surface area contributed by atoms with Crippen molar-refractivity contribution in [3.05, 3.63) is 0 Å². The predicted octanol–water partition coefficient (Wildman–Crippen LogP) is 3.60. The van der Waals surface area contributed by atoms with E-state index in [1.165, 1.54) is 6.92 Å². The first-order chi connectivity index (χ1) is 10.6. The van der Waals surface area contributed by atoms with Crippen molar-refractivity contribution in [2.75, 3.05) is 6.61 Å². The molecule has 1 aliphatic heterocycles. The Hall–Kier alpha value is -0.750. The van der Waals surface area contributed by atoms with E-state index < -0.39 is 54.8 Å². The molecule has 12 heteroatoms. The second-order valence-corrected chi connectivity index (χ2v) is 5.37. The van der Waals surface area contributed by atoms with Gasteiger partial charge in [-0.05, 0) is 20.3 Å². The highest BCUT2D eigenvalue weighted by Crippen LogP contribution is 2.57. The van der Waals surface area contributed by atoms with Crippen LogP contribution in [0.2, 0.25) is 0 Å². The normalized spacial score (nSPS) is 30.5. The van der Waals surface area contributed by atoms with Crippen molar-refractivity contribution < 1.29 is 54.1 Å². The van der Waals surface area contributed by atoms with Crippen LogP contribution in [0.3, 0.4) is 0 Å². The van der Waals surface area contributed by atoms with Gasteiger partial charge in [0.1, 0.15) is 6.10 Å². The Kier molecular flexibility index (Phi) is 5.79. The fourth-order valence-electron chi connectivity index (χ4n) is 2.34. The van der Waals surface area contributed by atoms with E-state index in [0.29, 0.717) is 0 Å². The molecule has 0 radical (unpaired) electrons. The standard InChI is InChI=1S/C12H15F9O3/c1-3-23-8-7(22)6(4-5(2)24-8)9(13,14)10(15,16)11(17,18)12(19,20)21/h5-8,22H,3-4H2,1-2H3/t5-,6+,7-,8+/m0/s1. The summed E-state index contributed by atoms with van der Waals surface area (Å²) in [5.74, 6) is -22.6. The fourth-order valence-corrected chi connectivity index (χ4v) is 2.34. The fraction of sp³-hybridized carbons (Fsp3) is 1.00. The lowest BCUT2D eigenvalue weighted by atomic mass is 9.82. The summed E-state index contributed by atoms with van der Waals surface area (Å²) in [4.78, 5) is 0. The van der Waals surface area contributed by atoms with Crippen LogP contribution in [0, 0.1) is 5.92 Å². The van der Waals surface area contributed by atoms with Crippen LogP contribution in [0.15, 0.2) is 0 Å². The van der Waals surface area contributed by atoms with Crippen LogP contribution in [0.5, 0.6) is 0 Å². The lowest BCUT2D eigenvalue weighted by molar-refractivity contribution is -0.413. The number of hydrogen-bond donors (Lipinski definition) is 1. The summed E-state index contributed by atoms with van der Waals surface area (Å²) >= 11 is 0. The summed E-state index contributed by atoms with van der Waals surface area (Å²) in [6.07, 6.45) is -13.6. The van der Waals surface area contributed by atoms with Crippen LogP contribution in [-0.2, 0) is 9.47 Å². The Labute approximate surface area is 130 Å². The second-order valence-electron chi connectivity index (χ2n) is 5.37. The van der Waals surface area contributed by atoms with Crippen molar-refractivity contribution >= 4 is 0 Å². The van der Waals surface area contributed by atoms with Gasteiger partial charge in [0.15, 0.2) is 6.29 Å². The van der Waals surface area contributed by atoms with Crippen molar-refractivity contribution in [3.8, 4) is 0 Å². The lowest BCUT2D eigenvalue weighted by Crippen LogP contribution is -2.66. The third kappa shape index (κ3) is 3.32. The van der Waals surface area contributed by atoms with Crippen LogP contribution < -0.4 is 0 Å². The van der Waals surface area contributed by atoms with Gasteiger partial charge in [0.25, 0.3) is 0 Å². The average molecular weight is 378 g/mol. The zero-order valence-electron chi connectivity index (χ0n) is 12.4. The maximum atomic E-state index is 13.9. The molecule has 0 saturated carbocycles. The topological polar surface area (TPSA) is 38.7 Å². The van der Waals surface area contributed by atoms with E-state index in [-0.39, 0.29) is 6.61 Å². The molecule has 1 saturated heterocycles. The molecule has 1 N–H and O–H groups in total. The number of hydrogen-bond acceptors (Lipinski definition) is 3. The first kappa shape index (κ1) is 21.3. The number of ether oxygens (including phenoxy) is 2. The quantitative estimate of drug-likeness (QED) is 0.743. The predicted molar refractivity (Wildman–Crippen MR) is 61.0 cm³/mol. The molecule has 1 fully saturated rings. The van der Waals surface area contributed by atoms with E-state index in [0.717, 1.165) is 6.92 Å². The Morgan fingerprint density at radius 2 is 1.50 bits per heavy atom. The molecular formula is C12H15F9O3. The van der Waals surface area contributed by atoms with Crippen LogP contribution in [-0.4, -0.2) is 54.2 Å². The zero-order chi connectivity index (χ0) is 19.1. The molecule has 0 amide bonds. The van der Waals surface area contributed by atoms with E-state index in [4.69, 9.17) is 9.47 Å². The Bertz CT molecular complexity index is 438. The molecule has 0 spiro atoms. The van der Waals surface area contributed by atoms with Gasteiger partial charge in [-0.1, -0.05) is 0 Å². The van der Waals surface area contributed by atoms with Crippen molar-refractivity contribution in [2.45, 2.75) is 62.7 Å². The Morgan fingerprint density at radius 1 is 1.00 bits per heavy atom. The molecule has 0 aromatic heterocycles. The van der Waals surface area contributed by atoms with Crippen LogP contribution in [0.4, 0.5) is 39.5 Å². The van der Waals surface area contributed by atoms with Crippen molar-refractivity contribution in [1.82, 2.24) is 0 Å². The summed E-state index contributed by atoms with van der Waals surface area (Å²) in [5.41, 5.74) is 0. The smallest absolute Gasteiger partial charge is 0.387 e. The molecule has 0 aromatic rings. The van der Waals surface area contributed by atoms with Gasteiger partial charge in [0, 0.05) is 6.61 Å². The van der Waals surface area contributed by atoms with E-state index in [1.54, 1.807) is 0 Å². The first-order valence-corrected chi connectivity index (χ1v) is 6.76. The monoisotopic (exact) mass is 378 g/mol. The number of rotatable bonds is 5. The van der Waals surface area contributed by atoms with Crippen molar-refractivity contribution in [1.29, 1.82) is 0 Å². The summed E-state index contributed by atoms with van der Waals surface area (Å²) in [7, 11) is 0. The highest BCUT2D eigenvalue weighted by atomic mass is 19.4. The van der Waals surface area contributed by atoms with Gasteiger partial charge in [-0.3, -0.25) is 0 Å². The molecule has 3 nitrogen and oxygen atoms in total. The molecule has 1 aliphatic rings. The molecule has 4 atom stereocenters. The number of alkyl halides is 9. The first-order valence-electron chi connectivity index (χ1n) is 6.76. The SMILES string of the molecule is CCO[C@@H]1O[C@@H](C)C[C@@H](C(F)(F)C(F)(F)C(F)(F)C(F)(F)F)[C@@H]1O. The van der Waals surface area contributed by atoms with Gasteiger partial charge in [-0.25, -0.2) is 0 Å². The summed E-state index contributed by atoms with van der Waals surface area (Å²) in [6, 6.07) is 0. The minimum absolute atomic E-state index is 0.207. The molecule has 0 unspecified atom stereocenters. The van der Waals surface area contributed by atoms with Crippen molar-refractivity contribution in [2.24, 2.45) is 5.92 Å². The minimum Gasteiger partial charge on any atom is -0.387 e. The number of halogens is 9. The summed E-state index contributed by atoms with van der Waals surface area (Å²) in [5, 5.41) is 9.66. The molecule has 144 valence electrons. The number of aliphatic hydroxyl groups is 1. The van der Waals surface area contributed by atoms with Gasteiger partial charge >= 0.3 is 23.9 Å². The Morgan fingerprint density at radius 3 is 1.92 bits per heavy atom. The highest BCUT2D eigenvalue weighted by Gasteiger charge is 2.83. The van der Waals surface area contributed by atoms with Gasteiger partial charge in [0.05, 0.1) is 12.0 Å². The third-order valence-corrected chi connectivity index (χ3v) is 3.61. The summed E-state index contributed by atoms with van der Waals surface area (Å²) in [6.45, 7) is 2.23. The maximum absolute atomic E-state index is 13.9. The molecule has 24 heavy (non-hydrogen) atoms. The van der Waals surface area contributed by atoms with Gasteiger partial charge in [-0.15, -0.1) is 0 Å². The molecule has 1 rings (SSSR count). The van der Waals surface area contributed by atoms with Crippen LogP contribution in [0.1, 0.15) is 20.3 Å². The number of aliphatic hydroxyl groups excluding tert-OH is 1. The lowest BCUT2D eigenvalue weighted by Gasteiger charge is -2.44. The maximum Gasteiger partial charge on any atom is 0.460 e. The van der Waals surface area contributed by atoms with Gasteiger partial charge < -0.3 is 14.6 Å². The second kappa shape index (κ2) is 6.52. The summed E-state index contributed by atoms with van der Waals surface area (Å²) < 4.78 is 127. The molecule has 0 aromatic carbocycles. The average Bonchev–Trinajstić information content (AvgIpc) is 2.40. The molecule has 0 bridgehead atoms. The molecular weight excluding hydrogens is 363 g/mol. The molecule has 0 aliphatic carbocycles. The van der Waals surface area contributed by atoms with E-state index in [9.17, 15) is 44.6 Å².